The SMILES string of the molecule is COc1ccc(OCCc2ccnn2C)c(C(=O)O)c1. The molecule has 0 unspecified atom stereocenters. The zero-order valence-corrected chi connectivity index (χ0v) is 11.4. The summed E-state index contributed by atoms with van der Waals surface area (Å²) >= 11 is 0. The molecule has 1 N–H and O–H groups in total. The molecule has 0 aliphatic carbocycles. The summed E-state index contributed by atoms with van der Waals surface area (Å²) in [5.74, 6) is -0.221. The van der Waals surface area contributed by atoms with E-state index in [-0.39, 0.29) is 5.56 Å². The lowest BCUT2D eigenvalue weighted by molar-refractivity contribution is 0.0692. The van der Waals surface area contributed by atoms with E-state index in [1.165, 1.54) is 13.2 Å². The molecule has 0 radical (unpaired) electrons. The average molecular weight is 276 g/mol. The van der Waals surface area contributed by atoms with Gasteiger partial charge in [0.15, 0.2) is 0 Å². The number of hydrogen-bond acceptors (Lipinski definition) is 4. The van der Waals surface area contributed by atoms with Crippen molar-refractivity contribution in [1.29, 1.82) is 0 Å². The highest BCUT2D eigenvalue weighted by Crippen LogP contribution is 2.24. The number of carboxylic acid groups (broad SMARTS) is 1. The summed E-state index contributed by atoms with van der Waals surface area (Å²) in [5.41, 5.74) is 1.12. The maximum Gasteiger partial charge on any atom is 0.339 e. The fraction of sp³-hybridized carbons (Fsp3) is 0.286. The van der Waals surface area contributed by atoms with Crippen molar-refractivity contribution in [2.75, 3.05) is 13.7 Å². The van der Waals surface area contributed by atoms with Gasteiger partial charge in [-0.1, -0.05) is 0 Å². The molecule has 6 nitrogen and oxygen atoms in total. The van der Waals surface area contributed by atoms with Gasteiger partial charge >= 0.3 is 5.97 Å². The van der Waals surface area contributed by atoms with E-state index in [9.17, 15) is 4.79 Å². The van der Waals surface area contributed by atoms with Crippen molar-refractivity contribution in [3.63, 3.8) is 0 Å². The van der Waals surface area contributed by atoms with Crippen molar-refractivity contribution in [2.45, 2.75) is 6.42 Å². The summed E-state index contributed by atoms with van der Waals surface area (Å²) in [7, 11) is 3.34. The largest absolute Gasteiger partial charge is 0.497 e. The first-order valence-corrected chi connectivity index (χ1v) is 6.13. The maximum absolute atomic E-state index is 11.2. The van der Waals surface area contributed by atoms with E-state index in [0.717, 1.165) is 5.69 Å². The summed E-state index contributed by atoms with van der Waals surface area (Å²) in [4.78, 5) is 11.2. The van der Waals surface area contributed by atoms with Crippen LogP contribution in [0.2, 0.25) is 0 Å². The minimum absolute atomic E-state index is 0.0920. The lowest BCUT2D eigenvalue weighted by Crippen LogP contribution is -2.09. The molecule has 2 aromatic rings. The molecule has 1 aromatic heterocycles. The molecule has 0 amide bonds. The molecule has 6 heteroatoms. The Morgan fingerprint density at radius 3 is 2.80 bits per heavy atom. The fourth-order valence-corrected chi connectivity index (χ4v) is 1.84. The second-order valence-corrected chi connectivity index (χ2v) is 4.21. The Morgan fingerprint density at radius 2 is 2.20 bits per heavy atom. The predicted molar refractivity (Wildman–Crippen MR) is 72.4 cm³/mol. The van der Waals surface area contributed by atoms with E-state index in [4.69, 9.17) is 14.6 Å². The van der Waals surface area contributed by atoms with Gasteiger partial charge in [0, 0.05) is 25.4 Å². The van der Waals surface area contributed by atoms with Gasteiger partial charge in [0.2, 0.25) is 0 Å². The fourth-order valence-electron chi connectivity index (χ4n) is 1.84. The molecule has 0 spiro atoms. The van der Waals surface area contributed by atoms with Crippen LogP contribution in [0.25, 0.3) is 0 Å². The third-order valence-corrected chi connectivity index (χ3v) is 2.96. The smallest absolute Gasteiger partial charge is 0.339 e. The zero-order chi connectivity index (χ0) is 14.5. The normalized spacial score (nSPS) is 10.3. The average Bonchev–Trinajstić information content (AvgIpc) is 2.84. The van der Waals surface area contributed by atoms with Crippen LogP contribution in [0.5, 0.6) is 11.5 Å². The molecular formula is C14H16N2O4. The van der Waals surface area contributed by atoms with Gasteiger partial charge in [-0.2, -0.15) is 5.10 Å². The number of rotatable bonds is 6. The number of benzene rings is 1. The molecule has 2 rings (SSSR count). The van der Waals surface area contributed by atoms with Crippen molar-refractivity contribution >= 4 is 5.97 Å². The number of carbonyl (C=O) groups is 1. The first-order chi connectivity index (χ1) is 9.61. The first-order valence-electron chi connectivity index (χ1n) is 6.13. The van der Waals surface area contributed by atoms with Crippen LogP contribution in [-0.4, -0.2) is 34.6 Å². The minimum atomic E-state index is -1.04. The number of aromatic carboxylic acids is 1. The monoisotopic (exact) mass is 276 g/mol. The van der Waals surface area contributed by atoms with Crippen LogP contribution >= 0.6 is 0 Å². The number of aryl methyl sites for hydroxylation is 1. The quantitative estimate of drug-likeness (QED) is 0.870. The van der Waals surface area contributed by atoms with Gasteiger partial charge in [-0.25, -0.2) is 4.79 Å². The van der Waals surface area contributed by atoms with Crippen molar-refractivity contribution < 1.29 is 19.4 Å². The molecule has 0 aliphatic heterocycles. The van der Waals surface area contributed by atoms with Gasteiger partial charge in [0.25, 0.3) is 0 Å². The molecule has 0 bridgehead atoms. The van der Waals surface area contributed by atoms with E-state index in [1.807, 2.05) is 13.1 Å². The third kappa shape index (κ3) is 3.09. The van der Waals surface area contributed by atoms with Crippen molar-refractivity contribution in [2.24, 2.45) is 7.05 Å². The van der Waals surface area contributed by atoms with Crippen molar-refractivity contribution in [3.8, 4) is 11.5 Å². The summed E-state index contributed by atoms with van der Waals surface area (Å²) in [6.07, 6.45) is 2.37. The van der Waals surface area contributed by atoms with Crippen LogP contribution in [-0.2, 0) is 13.5 Å². The Bertz CT molecular complexity index is 607. The highest BCUT2D eigenvalue weighted by atomic mass is 16.5. The summed E-state index contributed by atoms with van der Waals surface area (Å²) < 4.78 is 12.3. The van der Waals surface area contributed by atoms with E-state index in [2.05, 4.69) is 5.10 Å². The molecule has 1 heterocycles. The lowest BCUT2D eigenvalue weighted by atomic mass is 10.2. The maximum atomic E-state index is 11.2. The standard InChI is InChI=1S/C14H16N2O4/c1-16-10(5-7-15-16)6-8-20-13-4-3-11(19-2)9-12(13)14(17)18/h3-5,7,9H,6,8H2,1-2H3,(H,17,18). The van der Waals surface area contributed by atoms with Crippen molar-refractivity contribution in [3.05, 3.63) is 41.7 Å². The summed E-state index contributed by atoms with van der Waals surface area (Å²) in [6, 6.07) is 6.62. The Balaban J connectivity index is 2.05. The van der Waals surface area contributed by atoms with Crippen LogP contribution in [0.15, 0.2) is 30.5 Å². The molecule has 106 valence electrons. The summed E-state index contributed by atoms with van der Waals surface area (Å²) in [6.45, 7) is 0.381. The molecule has 20 heavy (non-hydrogen) atoms. The van der Waals surface area contributed by atoms with Crippen LogP contribution in [0, 0.1) is 0 Å². The lowest BCUT2D eigenvalue weighted by Gasteiger charge is -2.10. The third-order valence-electron chi connectivity index (χ3n) is 2.96. The second kappa shape index (κ2) is 6.10. The number of hydrogen-bond donors (Lipinski definition) is 1. The van der Waals surface area contributed by atoms with Gasteiger partial charge in [-0.05, 0) is 24.3 Å². The van der Waals surface area contributed by atoms with E-state index < -0.39 is 5.97 Å². The minimum Gasteiger partial charge on any atom is -0.497 e. The number of ether oxygens (including phenoxy) is 2. The number of methoxy groups -OCH3 is 1. The van der Waals surface area contributed by atoms with Gasteiger partial charge in [-0.3, -0.25) is 4.68 Å². The van der Waals surface area contributed by atoms with E-state index >= 15 is 0 Å². The Hall–Kier alpha value is -2.50. The molecule has 0 saturated heterocycles. The molecular weight excluding hydrogens is 260 g/mol. The molecule has 0 atom stereocenters. The Morgan fingerprint density at radius 1 is 1.40 bits per heavy atom. The molecule has 0 saturated carbocycles. The van der Waals surface area contributed by atoms with Crippen LogP contribution in [0.4, 0.5) is 0 Å². The number of nitrogens with zero attached hydrogens (tertiary/aromatic N) is 2. The van der Waals surface area contributed by atoms with Gasteiger partial charge < -0.3 is 14.6 Å². The summed E-state index contributed by atoms with van der Waals surface area (Å²) in [5, 5.41) is 13.2. The van der Waals surface area contributed by atoms with Crippen LogP contribution < -0.4 is 9.47 Å². The number of aromatic nitrogens is 2. The Labute approximate surface area is 116 Å². The molecule has 0 fully saturated rings. The van der Waals surface area contributed by atoms with Gasteiger partial charge in [0.1, 0.15) is 17.1 Å². The topological polar surface area (TPSA) is 73.6 Å². The van der Waals surface area contributed by atoms with Crippen LogP contribution in [0.1, 0.15) is 16.1 Å². The zero-order valence-electron chi connectivity index (χ0n) is 11.4. The van der Waals surface area contributed by atoms with Crippen LogP contribution in [0.3, 0.4) is 0 Å². The molecule has 1 aromatic carbocycles. The second-order valence-electron chi connectivity index (χ2n) is 4.21. The highest BCUT2D eigenvalue weighted by Gasteiger charge is 2.13. The van der Waals surface area contributed by atoms with E-state index in [1.54, 1.807) is 23.0 Å². The van der Waals surface area contributed by atoms with Crippen molar-refractivity contribution in [1.82, 2.24) is 9.78 Å². The highest BCUT2D eigenvalue weighted by molar-refractivity contribution is 5.91. The Kier molecular flexibility index (Phi) is 4.24. The first kappa shape index (κ1) is 13.9. The van der Waals surface area contributed by atoms with E-state index in [0.29, 0.717) is 24.5 Å². The van der Waals surface area contributed by atoms with Gasteiger partial charge in [0.05, 0.1) is 13.7 Å². The van der Waals surface area contributed by atoms with Gasteiger partial charge in [-0.15, -0.1) is 0 Å². The number of carboxylic acids is 1. The predicted octanol–water partition coefficient (Wildman–Crippen LogP) is 1.75. The molecule has 0 aliphatic rings.